The van der Waals surface area contributed by atoms with Crippen molar-refractivity contribution in [1.82, 2.24) is 0 Å². The monoisotopic (exact) mass is 315 g/mol. The number of hydrogen-bond acceptors (Lipinski definition) is 3. The van der Waals surface area contributed by atoms with E-state index in [-0.39, 0.29) is 16.7 Å². The predicted octanol–water partition coefficient (Wildman–Crippen LogP) is 2.18. The second-order valence-electron chi connectivity index (χ2n) is 3.80. The maximum atomic E-state index is 11.8. The minimum Gasteiger partial charge on any atom is -0.478 e. The van der Waals surface area contributed by atoms with Crippen LogP contribution >= 0.6 is 28.6 Å². The zero-order chi connectivity index (χ0) is 12.6. The Labute approximate surface area is 112 Å². The first-order valence-corrected chi connectivity index (χ1v) is 6.32. The van der Waals surface area contributed by atoms with Crippen molar-refractivity contribution < 1.29 is 14.7 Å². The molecule has 2 rings (SSSR count). The van der Waals surface area contributed by atoms with Crippen LogP contribution in [0.1, 0.15) is 16.8 Å². The Bertz CT molecular complexity index is 492. The van der Waals surface area contributed by atoms with E-state index in [2.05, 4.69) is 28.6 Å². The Hall–Kier alpha value is -1.01. The number of carboxylic acid groups (broad SMARTS) is 1. The lowest BCUT2D eigenvalue weighted by Crippen LogP contribution is -2.27. The molecule has 17 heavy (non-hydrogen) atoms. The highest BCUT2D eigenvalue weighted by Crippen LogP contribution is 2.34. The molecule has 1 unspecified atom stereocenters. The zero-order valence-corrected chi connectivity index (χ0v) is 11.2. The largest absolute Gasteiger partial charge is 0.478 e. The van der Waals surface area contributed by atoms with Crippen LogP contribution in [0, 0.1) is 0 Å². The summed E-state index contributed by atoms with van der Waals surface area (Å²) in [6.07, 6.45) is 0.337. The van der Waals surface area contributed by atoms with E-state index in [1.165, 1.54) is 11.0 Å². The van der Waals surface area contributed by atoms with Crippen LogP contribution < -0.4 is 4.90 Å². The molecule has 1 aromatic rings. The number of nitrogens with zero attached hydrogens (tertiary/aromatic N) is 1. The molecule has 0 spiro atoms. The van der Waals surface area contributed by atoms with Gasteiger partial charge in [0, 0.05) is 22.7 Å². The van der Waals surface area contributed by atoms with Gasteiger partial charge in [-0.15, -0.1) is 0 Å². The van der Waals surface area contributed by atoms with Crippen molar-refractivity contribution in [2.24, 2.45) is 0 Å². The van der Waals surface area contributed by atoms with E-state index in [0.717, 1.165) is 0 Å². The normalized spacial score (nSPS) is 19.8. The van der Waals surface area contributed by atoms with Crippen LogP contribution in [-0.2, 0) is 4.79 Å². The smallest absolute Gasteiger partial charge is 0.337 e. The molecule has 1 aliphatic heterocycles. The molecule has 90 valence electrons. The average Bonchev–Trinajstić information content (AvgIpc) is 2.57. The highest BCUT2D eigenvalue weighted by molar-refractivity contribution is 9.10. The molecule has 0 aliphatic carbocycles. The molecule has 4 nitrogen and oxygen atoms in total. The molecular formula is C11H10BrNO3S. The number of amides is 1. The van der Waals surface area contributed by atoms with Gasteiger partial charge < -0.3 is 10.0 Å². The van der Waals surface area contributed by atoms with Gasteiger partial charge in [0.15, 0.2) is 0 Å². The number of halogens is 1. The third kappa shape index (κ3) is 2.32. The van der Waals surface area contributed by atoms with Gasteiger partial charge >= 0.3 is 5.97 Å². The van der Waals surface area contributed by atoms with Gasteiger partial charge in [-0.2, -0.15) is 12.6 Å². The fourth-order valence-electron chi connectivity index (χ4n) is 1.87. The third-order valence-electron chi connectivity index (χ3n) is 2.59. The second kappa shape index (κ2) is 4.70. The fraction of sp³-hybridized carbons (Fsp3) is 0.273. The molecule has 0 aromatic heterocycles. The summed E-state index contributed by atoms with van der Waals surface area (Å²) in [4.78, 5) is 24.4. The molecule has 1 heterocycles. The minimum absolute atomic E-state index is 0.0451. The first kappa shape index (κ1) is 12.4. The van der Waals surface area contributed by atoms with E-state index in [0.29, 0.717) is 23.1 Å². The van der Waals surface area contributed by atoms with Crippen molar-refractivity contribution >= 4 is 46.1 Å². The van der Waals surface area contributed by atoms with Crippen molar-refractivity contribution in [1.29, 1.82) is 0 Å². The van der Waals surface area contributed by atoms with Gasteiger partial charge in [0.1, 0.15) is 0 Å². The molecule has 1 aliphatic rings. The average molecular weight is 316 g/mol. The lowest BCUT2D eigenvalue weighted by atomic mass is 10.1. The summed E-state index contributed by atoms with van der Waals surface area (Å²) in [5, 5.41) is 9.08. The molecule has 6 heteroatoms. The van der Waals surface area contributed by atoms with Gasteiger partial charge in [-0.1, -0.05) is 6.07 Å². The van der Waals surface area contributed by atoms with Crippen LogP contribution in [0.15, 0.2) is 22.7 Å². The van der Waals surface area contributed by atoms with Crippen molar-refractivity contribution in [2.45, 2.75) is 11.7 Å². The van der Waals surface area contributed by atoms with Gasteiger partial charge in [0.05, 0.1) is 11.3 Å². The van der Waals surface area contributed by atoms with E-state index in [1.54, 1.807) is 12.1 Å². The van der Waals surface area contributed by atoms with Crippen molar-refractivity contribution in [3.8, 4) is 0 Å². The number of carboxylic acids is 1. The van der Waals surface area contributed by atoms with Crippen LogP contribution in [0.4, 0.5) is 5.69 Å². The van der Waals surface area contributed by atoms with Crippen LogP contribution in [0.3, 0.4) is 0 Å². The molecule has 0 bridgehead atoms. The van der Waals surface area contributed by atoms with Gasteiger partial charge in [0.2, 0.25) is 5.91 Å². The number of benzene rings is 1. The Morgan fingerprint density at radius 3 is 2.76 bits per heavy atom. The van der Waals surface area contributed by atoms with Gasteiger partial charge in [-0.25, -0.2) is 4.79 Å². The third-order valence-corrected chi connectivity index (χ3v) is 3.58. The number of aromatic carboxylic acids is 1. The summed E-state index contributed by atoms with van der Waals surface area (Å²) < 4.78 is 0.605. The minimum atomic E-state index is -1.04. The highest BCUT2D eigenvalue weighted by Gasteiger charge is 2.32. The molecule has 1 fully saturated rings. The summed E-state index contributed by atoms with van der Waals surface area (Å²) >= 11 is 7.55. The topological polar surface area (TPSA) is 57.6 Å². The first-order chi connectivity index (χ1) is 8.00. The fourth-order valence-corrected chi connectivity index (χ4v) is 2.77. The zero-order valence-electron chi connectivity index (χ0n) is 8.76. The molecule has 1 amide bonds. The Morgan fingerprint density at radius 1 is 1.53 bits per heavy atom. The van der Waals surface area contributed by atoms with Crippen LogP contribution in [0.5, 0.6) is 0 Å². The summed E-state index contributed by atoms with van der Waals surface area (Å²) in [6.45, 7) is 0.435. The number of carbonyl (C=O) groups is 2. The molecule has 1 saturated heterocycles. The number of carbonyl (C=O) groups excluding carboxylic acids is 1. The summed E-state index contributed by atoms with van der Waals surface area (Å²) in [6, 6.07) is 4.85. The maximum Gasteiger partial charge on any atom is 0.337 e. The molecule has 1 atom stereocenters. The van der Waals surface area contributed by atoms with Crippen molar-refractivity contribution in [2.75, 3.05) is 11.4 Å². The summed E-state index contributed by atoms with van der Waals surface area (Å²) in [5.74, 6) is -1.14. The highest BCUT2D eigenvalue weighted by atomic mass is 79.9. The molecular weight excluding hydrogens is 306 g/mol. The number of hydrogen-bond donors (Lipinski definition) is 2. The van der Waals surface area contributed by atoms with Gasteiger partial charge in [-0.05, 0) is 28.1 Å². The van der Waals surface area contributed by atoms with E-state index in [1.807, 2.05) is 0 Å². The molecule has 0 saturated carbocycles. The van der Waals surface area contributed by atoms with Gasteiger partial charge in [-0.3, -0.25) is 4.79 Å². The van der Waals surface area contributed by atoms with Crippen molar-refractivity contribution in [3.05, 3.63) is 28.2 Å². The van der Waals surface area contributed by atoms with Gasteiger partial charge in [0.25, 0.3) is 0 Å². The standard InChI is InChI=1S/C11H10BrNO3S/c12-8-3-1-2-7(11(15)16)10(8)13-5-6(17)4-9(13)14/h1-3,6,17H,4-5H2,(H,15,16). The lowest BCUT2D eigenvalue weighted by Gasteiger charge is -2.19. The molecule has 1 N–H and O–H groups in total. The Morgan fingerprint density at radius 2 is 2.24 bits per heavy atom. The lowest BCUT2D eigenvalue weighted by molar-refractivity contribution is -0.117. The predicted molar refractivity (Wildman–Crippen MR) is 70.8 cm³/mol. The number of thiol groups is 1. The van der Waals surface area contributed by atoms with E-state index >= 15 is 0 Å². The second-order valence-corrected chi connectivity index (χ2v) is 5.39. The summed E-state index contributed by atoms with van der Waals surface area (Å²) in [5.41, 5.74) is 0.539. The number of para-hydroxylation sites is 1. The maximum absolute atomic E-state index is 11.8. The SMILES string of the molecule is O=C(O)c1cccc(Br)c1N1CC(S)CC1=O. The quantitative estimate of drug-likeness (QED) is 0.822. The molecule has 0 radical (unpaired) electrons. The number of rotatable bonds is 2. The van der Waals surface area contributed by atoms with Crippen LogP contribution in [0.25, 0.3) is 0 Å². The summed E-state index contributed by atoms with van der Waals surface area (Å²) in [7, 11) is 0. The van der Waals surface area contributed by atoms with E-state index in [9.17, 15) is 9.59 Å². The first-order valence-electron chi connectivity index (χ1n) is 5.01. The van der Waals surface area contributed by atoms with Crippen LogP contribution in [0.2, 0.25) is 0 Å². The van der Waals surface area contributed by atoms with Crippen LogP contribution in [-0.4, -0.2) is 28.8 Å². The molecule has 1 aromatic carbocycles. The Kier molecular flexibility index (Phi) is 3.44. The Balaban J connectivity index is 2.51. The number of anilines is 1. The van der Waals surface area contributed by atoms with E-state index < -0.39 is 5.97 Å². The van der Waals surface area contributed by atoms with Crippen molar-refractivity contribution in [3.63, 3.8) is 0 Å². The van der Waals surface area contributed by atoms with E-state index in [4.69, 9.17) is 5.11 Å².